The van der Waals surface area contributed by atoms with Gasteiger partial charge in [-0.2, -0.15) is 0 Å². The summed E-state index contributed by atoms with van der Waals surface area (Å²) in [5, 5.41) is 15.5. The molecule has 1 aliphatic heterocycles. The molecule has 6 atom stereocenters. The Hall–Kier alpha value is -5.89. The molecule has 7 amide bonds. The summed E-state index contributed by atoms with van der Waals surface area (Å²) in [6, 6.07) is -7.45. The van der Waals surface area contributed by atoms with Crippen LogP contribution in [0.3, 0.4) is 0 Å². The van der Waals surface area contributed by atoms with Gasteiger partial charge < -0.3 is 51.0 Å². The third-order valence-electron chi connectivity index (χ3n) is 11.6. The van der Waals surface area contributed by atoms with E-state index in [1.54, 1.807) is 62.3 Å². The largest absolute Gasteiger partial charge is 0.460 e. The number of Topliss-reactive ketones (excluding diaryl/α,β-unsaturated/α-hetero) is 1. The lowest BCUT2D eigenvalue weighted by Gasteiger charge is -2.33. The van der Waals surface area contributed by atoms with Gasteiger partial charge in [0.25, 0.3) is 5.91 Å². The van der Waals surface area contributed by atoms with Gasteiger partial charge in [0.05, 0.1) is 6.04 Å². The summed E-state index contributed by atoms with van der Waals surface area (Å²) in [5.74, 6) is -8.88. The zero-order chi connectivity index (χ0) is 53.6. The molecule has 0 radical (unpaired) electrons. The number of likely N-dealkylation sites (tertiary alicyclic amines) is 1. The first-order valence-corrected chi connectivity index (χ1v) is 25.0. The van der Waals surface area contributed by atoms with Gasteiger partial charge in [-0.3, -0.25) is 52.7 Å². The van der Waals surface area contributed by atoms with Gasteiger partial charge >= 0.3 is 17.9 Å². The van der Waals surface area contributed by atoms with E-state index < -0.39 is 125 Å². The van der Waals surface area contributed by atoms with Gasteiger partial charge in [0, 0.05) is 26.3 Å². The van der Waals surface area contributed by atoms with Crippen molar-refractivity contribution in [2.45, 2.75) is 207 Å². The van der Waals surface area contributed by atoms with Crippen LogP contribution < -0.4 is 31.9 Å². The lowest BCUT2D eigenvalue weighted by atomic mass is 9.84. The van der Waals surface area contributed by atoms with Gasteiger partial charge in [-0.05, 0) is 91.9 Å². The normalized spacial score (nSPS) is 17.2. The van der Waals surface area contributed by atoms with Crippen LogP contribution in [-0.2, 0) is 67.0 Å². The Morgan fingerprint density at radius 2 is 1.21 bits per heavy atom. The monoisotopic (exact) mass is 1000 g/mol. The van der Waals surface area contributed by atoms with Crippen LogP contribution in [0.15, 0.2) is 12.7 Å². The molecule has 2 fully saturated rings. The molecule has 1 saturated carbocycles. The topological polar surface area (TPSA) is 291 Å². The summed E-state index contributed by atoms with van der Waals surface area (Å²) in [6.45, 7) is 19.3. The Morgan fingerprint density at radius 1 is 0.662 bits per heavy atom. The number of rotatable bonds is 27. The number of ether oxygens (including phenoxy) is 3. The Bertz CT molecular complexity index is 1900. The summed E-state index contributed by atoms with van der Waals surface area (Å²) in [7, 11) is 0. The predicted molar refractivity (Wildman–Crippen MR) is 260 cm³/mol. The maximum atomic E-state index is 14.7. The van der Waals surface area contributed by atoms with Crippen molar-refractivity contribution in [2.75, 3.05) is 19.7 Å². The van der Waals surface area contributed by atoms with E-state index in [4.69, 9.17) is 14.2 Å². The van der Waals surface area contributed by atoms with E-state index in [2.05, 4.69) is 38.5 Å². The second kappa shape index (κ2) is 29.5. The molecule has 21 heteroatoms. The molecule has 0 aromatic carbocycles. The maximum Gasteiger partial charge on any atom is 0.325 e. The fourth-order valence-corrected chi connectivity index (χ4v) is 8.32. The maximum absolute atomic E-state index is 14.7. The number of nitrogens with one attached hydrogen (secondary N) is 6. The molecule has 1 saturated heterocycles. The van der Waals surface area contributed by atoms with Crippen LogP contribution >= 0.6 is 0 Å². The van der Waals surface area contributed by atoms with Crippen molar-refractivity contribution < 1.29 is 67.0 Å². The zero-order valence-corrected chi connectivity index (χ0v) is 43.6. The Kier molecular flexibility index (Phi) is 25.4. The van der Waals surface area contributed by atoms with E-state index in [0.29, 0.717) is 12.8 Å². The van der Waals surface area contributed by atoms with Crippen LogP contribution in [0.4, 0.5) is 0 Å². The van der Waals surface area contributed by atoms with E-state index >= 15 is 0 Å². The first-order chi connectivity index (χ1) is 33.2. The van der Waals surface area contributed by atoms with Crippen molar-refractivity contribution in [3.05, 3.63) is 12.7 Å². The van der Waals surface area contributed by atoms with Crippen molar-refractivity contribution >= 4 is 65.0 Å². The molecular formula is C50H81N7O14. The first-order valence-electron chi connectivity index (χ1n) is 25.0. The van der Waals surface area contributed by atoms with Crippen molar-refractivity contribution in [1.82, 2.24) is 36.8 Å². The average molecular weight is 1000 g/mol. The third kappa shape index (κ3) is 22.8. The molecule has 71 heavy (non-hydrogen) atoms. The second-order valence-corrected chi connectivity index (χ2v) is 20.7. The van der Waals surface area contributed by atoms with Crippen LogP contribution in [-0.4, -0.2) is 137 Å². The molecule has 2 rings (SSSR count). The summed E-state index contributed by atoms with van der Waals surface area (Å²) in [5.41, 5.74) is -1.67. The standard InChI is InChI=1S/C50H81N7O14/c1-12-18-33(42(62)47(67)51-29-40(61)69-27-13-2)53-45(65)37-21-17-26-57(37)48(68)36(28-32-19-15-14-16-20-32)55-46(66)41(30(3)4)56-44(64)35(23-25-39(60)71-50(9,10)11)54-43(63)34(52-31(5)58)22-24-38(59)70-49(6,7)8/h13,30,32-37,41H,2,12,14-29H2,1,3-11H3,(H,51,67)(H,52,58)(H,53,65)(H,54,63)(H,55,66)(H,56,64). The summed E-state index contributed by atoms with van der Waals surface area (Å²) in [4.78, 5) is 148. The van der Waals surface area contributed by atoms with Crippen LogP contribution in [0.5, 0.6) is 0 Å². The van der Waals surface area contributed by atoms with E-state index in [9.17, 15) is 52.7 Å². The zero-order valence-electron chi connectivity index (χ0n) is 43.6. The highest BCUT2D eigenvalue weighted by Crippen LogP contribution is 2.29. The molecule has 400 valence electrons. The fraction of sp³-hybridized carbons (Fsp3) is 0.740. The second-order valence-electron chi connectivity index (χ2n) is 20.7. The van der Waals surface area contributed by atoms with Crippen molar-refractivity contribution in [2.24, 2.45) is 11.8 Å². The molecule has 1 heterocycles. The molecule has 0 bridgehead atoms. The van der Waals surface area contributed by atoms with Gasteiger partial charge in [0.1, 0.15) is 54.6 Å². The molecular weight excluding hydrogens is 923 g/mol. The lowest BCUT2D eigenvalue weighted by Crippen LogP contribution is -2.60. The van der Waals surface area contributed by atoms with Crippen LogP contribution in [0.2, 0.25) is 0 Å². The average Bonchev–Trinajstić information content (AvgIpc) is 3.77. The van der Waals surface area contributed by atoms with Gasteiger partial charge in [-0.1, -0.05) is 72.0 Å². The van der Waals surface area contributed by atoms with Gasteiger partial charge in [-0.15, -0.1) is 0 Å². The molecule has 6 unspecified atom stereocenters. The number of nitrogens with zero attached hydrogens (tertiary/aromatic N) is 1. The summed E-state index contributed by atoms with van der Waals surface area (Å²) in [6.07, 6.45) is 6.20. The molecule has 2 aliphatic rings. The number of carbonyl (C=O) groups is 11. The minimum Gasteiger partial charge on any atom is -0.460 e. The number of carbonyl (C=O) groups excluding carboxylic acids is 11. The number of amides is 7. The smallest absolute Gasteiger partial charge is 0.325 e. The van der Waals surface area contributed by atoms with Crippen LogP contribution in [0.1, 0.15) is 159 Å². The Labute approximate surface area is 418 Å². The first kappa shape index (κ1) is 61.2. The van der Waals surface area contributed by atoms with Crippen molar-refractivity contribution in [3.8, 4) is 0 Å². The quantitative estimate of drug-likeness (QED) is 0.0299. The predicted octanol–water partition coefficient (Wildman–Crippen LogP) is 2.51. The van der Waals surface area contributed by atoms with E-state index in [1.165, 1.54) is 17.9 Å². The van der Waals surface area contributed by atoms with E-state index in [1.807, 2.05) is 0 Å². The van der Waals surface area contributed by atoms with Crippen LogP contribution in [0.25, 0.3) is 0 Å². The molecule has 21 nitrogen and oxygen atoms in total. The minimum atomic E-state index is -1.45. The minimum absolute atomic E-state index is 0.0541. The van der Waals surface area contributed by atoms with E-state index in [0.717, 1.165) is 32.1 Å². The van der Waals surface area contributed by atoms with Crippen LogP contribution in [0, 0.1) is 11.8 Å². The lowest BCUT2D eigenvalue weighted by molar-refractivity contribution is -0.156. The highest BCUT2D eigenvalue weighted by Gasteiger charge is 2.41. The number of ketones is 1. The van der Waals surface area contributed by atoms with E-state index in [-0.39, 0.29) is 64.0 Å². The number of esters is 3. The highest BCUT2D eigenvalue weighted by molar-refractivity contribution is 6.38. The summed E-state index contributed by atoms with van der Waals surface area (Å²) < 4.78 is 15.6. The molecule has 6 N–H and O–H groups in total. The van der Waals surface area contributed by atoms with Gasteiger partial charge in [0.2, 0.25) is 41.2 Å². The number of hydrogen-bond acceptors (Lipinski definition) is 14. The Balaban J connectivity index is 2.40. The fourth-order valence-electron chi connectivity index (χ4n) is 8.32. The van der Waals surface area contributed by atoms with Gasteiger partial charge in [0.15, 0.2) is 0 Å². The van der Waals surface area contributed by atoms with Crippen molar-refractivity contribution in [1.29, 1.82) is 0 Å². The van der Waals surface area contributed by atoms with Crippen molar-refractivity contribution in [3.63, 3.8) is 0 Å². The molecule has 0 aromatic rings. The molecule has 0 aromatic heterocycles. The SMILES string of the molecule is C=CCOC(=O)CNC(=O)C(=O)C(CCC)NC(=O)C1CCCN1C(=O)C(CC1CCCCC1)NC(=O)C(NC(=O)C(CCC(=O)OC(C)(C)C)NC(=O)C(CCC(=O)OC(C)(C)C)NC(C)=O)C(C)C. The van der Waals surface area contributed by atoms with Gasteiger partial charge in [-0.25, -0.2) is 0 Å². The highest BCUT2D eigenvalue weighted by atomic mass is 16.6. The molecule has 1 aliphatic carbocycles. The third-order valence-corrected chi connectivity index (χ3v) is 11.6. The summed E-state index contributed by atoms with van der Waals surface area (Å²) >= 11 is 0. The number of hydrogen-bond donors (Lipinski definition) is 6. The molecule has 0 spiro atoms. The Morgan fingerprint density at radius 3 is 1.73 bits per heavy atom.